The van der Waals surface area contributed by atoms with Crippen molar-refractivity contribution >= 4 is 11.8 Å². The number of hydrogen-bond acceptors (Lipinski definition) is 3. The number of phenols is 1. The second-order valence-corrected chi connectivity index (χ2v) is 7.67. The molecule has 0 spiro atoms. The topological polar surface area (TPSA) is 23.5 Å². The van der Waals surface area contributed by atoms with E-state index in [0.29, 0.717) is 5.75 Å². The zero-order valence-electron chi connectivity index (χ0n) is 14.8. The molecule has 0 radical (unpaired) electrons. The van der Waals surface area contributed by atoms with Crippen molar-refractivity contribution in [3.63, 3.8) is 0 Å². The number of rotatable bonds is 11. The normalized spacial score (nSPS) is 11.3. The standard InChI is InChI=1S/C19H33NOS/c1-5-6-7-8-11-22-12-9-10-17-13-16(2)14-18(19(17)21)15-20(3)4/h13-14,21H,5-12,15H2,1-4H3. The van der Waals surface area contributed by atoms with E-state index in [2.05, 4.69) is 42.6 Å². The quantitative estimate of drug-likeness (QED) is 0.579. The lowest BCUT2D eigenvalue weighted by molar-refractivity contribution is 0.384. The summed E-state index contributed by atoms with van der Waals surface area (Å²) in [4.78, 5) is 2.10. The van der Waals surface area contributed by atoms with E-state index in [1.807, 2.05) is 14.1 Å². The number of thioether (sulfide) groups is 1. The molecular formula is C19H33NOS. The Labute approximate surface area is 141 Å². The van der Waals surface area contributed by atoms with Crippen LogP contribution in [0.4, 0.5) is 0 Å². The summed E-state index contributed by atoms with van der Waals surface area (Å²) in [7, 11) is 4.08. The van der Waals surface area contributed by atoms with Crippen molar-refractivity contribution in [2.24, 2.45) is 0 Å². The van der Waals surface area contributed by atoms with Crippen LogP contribution in [0.1, 0.15) is 55.7 Å². The number of unbranched alkanes of at least 4 members (excludes halogenated alkanes) is 3. The van der Waals surface area contributed by atoms with Crippen LogP contribution in [0.2, 0.25) is 0 Å². The van der Waals surface area contributed by atoms with E-state index in [0.717, 1.165) is 30.5 Å². The van der Waals surface area contributed by atoms with Gasteiger partial charge in [0.25, 0.3) is 0 Å². The lowest BCUT2D eigenvalue weighted by Gasteiger charge is -2.15. The molecule has 0 aromatic heterocycles. The fourth-order valence-electron chi connectivity index (χ4n) is 2.68. The van der Waals surface area contributed by atoms with Gasteiger partial charge in [0.2, 0.25) is 0 Å². The van der Waals surface area contributed by atoms with Gasteiger partial charge in [0.15, 0.2) is 0 Å². The maximum absolute atomic E-state index is 10.4. The van der Waals surface area contributed by atoms with Crippen LogP contribution in [-0.2, 0) is 13.0 Å². The van der Waals surface area contributed by atoms with Gasteiger partial charge in [-0.15, -0.1) is 0 Å². The summed E-state index contributed by atoms with van der Waals surface area (Å²) in [6.45, 7) is 5.17. The minimum atomic E-state index is 0.507. The number of phenolic OH excluding ortho intramolecular Hbond substituents is 1. The Balaban J connectivity index is 2.37. The van der Waals surface area contributed by atoms with E-state index in [-0.39, 0.29) is 0 Å². The molecule has 0 atom stereocenters. The van der Waals surface area contributed by atoms with Gasteiger partial charge < -0.3 is 10.0 Å². The molecular weight excluding hydrogens is 290 g/mol. The van der Waals surface area contributed by atoms with Crippen molar-refractivity contribution in [3.05, 3.63) is 28.8 Å². The SMILES string of the molecule is CCCCCCSCCCc1cc(C)cc(CN(C)C)c1O. The molecule has 0 heterocycles. The van der Waals surface area contributed by atoms with Gasteiger partial charge in [-0.2, -0.15) is 11.8 Å². The maximum atomic E-state index is 10.4. The third-order valence-corrected chi connectivity index (χ3v) is 4.93. The zero-order valence-corrected chi connectivity index (χ0v) is 15.6. The molecule has 1 N–H and O–H groups in total. The van der Waals surface area contributed by atoms with Gasteiger partial charge in [0.05, 0.1) is 0 Å². The van der Waals surface area contributed by atoms with Gasteiger partial charge in [-0.1, -0.05) is 43.9 Å². The van der Waals surface area contributed by atoms with Crippen molar-refractivity contribution in [2.45, 2.75) is 58.9 Å². The summed E-state index contributed by atoms with van der Waals surface area (Å²) in [5.74, 6) is 2.99. The number of hydrogen-bond donors (Lipinski definition) is 1. The maximum Gasteiger partial charge on any atom is 0.123 e. The van der Waals surface area contributed by atoms with Crippen LogP contribution in [0.15, 0.2) is 12.1 Å². The van der Waals surface area contributed by atoms with Gasteiger partial charge in [-0.3, -0.25) is 0 Å². The van der Waals surface area contributed by atoms with Gasteiger partial charge in [-0.05, 0) is 57.4 Å². The Morgan fingerprint density at radius 2 is 1.68 bits per heavy atom. The summed E-state index contributed by atoms with van der Waals surface area (Å²) in [6, 6.07) is 4.24. The van der Waals surface area contributed by atoms with Crippen LogP contribution in [0.5, 0.6) is 5.75 Å². The predicted molar refractivity (Wildman–Crippen MR) is 100 cm³/mol. The van der Waals surface area contributed by atoms with E-state index in [9.17, 15) is 5.11 Å². The number of benzene rings is 1. The second-order valence-electron chi connectivity index (χ2n) is 6.45. The van der Waals surface area contributed by atoms with E-state index in [1.165, 1.54) is 42.8 Å². The third-order valence-electron chi connectivity index (χ3n) is 3.78. The molecule has 0 fully saturated rings. The fourth-order valence-corrected chi connectivity index (χ4v) is 3.64. The molecule has 2 nitrogen and oxygen atoms in total. The van der Waals surface area contributed by atoms with Gasteiger partial charge >= 0.3 is 0 Å². The predicted octanol–water partition coefficient (Wildman–Crippen LogP) is 5.01. The summed E-state index contributed by atoms with van der Waals surface area (Å²) >= 11 is 2.06. The van der Waals surface area contributed by atoms with E-state index in [4.69, 9.17) is 0 Å². The van der Waals surface area contributed by atoms with Crippen molar-refractivity contribution in [1.29, 1.82) is 0 Å². The fraction of sp³-hybridized carbons (Fsp3) is 0.684. The highest BCUT2D eigenvalue weighted by atomic mass is 32.2. The van der Waals surface area contributed by atoms with Crippen LogP contribution in [-0.4, -0.2) is 35.6 Å². The Hall–Kier alpha value is -0.670. The van der Waals surface area contributed by atoms with Crippen molar-refractivity contribution in [3.8, 4) is 5.75 Å². The Kier molecular flexibility index (Phi) is 9.65. The molecule has 0 bridgehead atoms. The smallest absolute Gasteiger partial charge is 0.123 e. The van der Waals surface area contributed by atoms with Crippen LogP contribution in [0.3, 0.4) is 0 Å². The van der Waals surface area contributed by atoms with Gasteiger partial charge in [0.1, 0.15) is 5.75 Å². The van der Waals surface area contributed by atoms with E-state index < -0.39 is 0 Å². The summed E-state index contributed by atoms with van der Waals surface area (Å²) in [6.07, 6.45) is 7.53. The van der Waals surface area contributed by atoms with Crippen molar-refractivity contribution in [1.82, 2.24) is 4.90 Å². The molecule has 0 aliphatic rings. The lowest BCUT2D eigenvalue weighted by Crippen LogP contribution is -2.11. The van der Waals surface area contributed by atoms with Crippen LogP contribution < -0.4 is 0 Å². The van der Waals surface area contributed by atoms with Crippen molar-refractivity contribution in [2.75, 3.05) is 25.6 Å². The molecule has 126 valence electrons. The van der Waals surface area contributed by atoms with E-state index in [1.54, 1.807) is 0 Å². The third kappa shape index (κ3) is 7.55. The molecule has 3 heteroatoms. The Bertz CT molecular complexity index is 432. The van der Waals surface area contributed by atoms with Crippen LogP contribution in [0.25, 0.3) is 0 Å². The lowest BCUT2D eigenvalue weighted by atomic mass is 10.0. The first kappa shape index (κ1) is 19.4. The molecule has 1 rings (SSSR count). The number of nitrogens with zero attached hydrogens (tertiary/aromatic N) is 1. The summed E-state index contributed by atoms with van der Waals surface area (Å²) in [5.41, 5.74) is 3.41. The first-order valence-electron chi connectivity index (χ1n) is 8.58. The van der Waals surface area contributed by atoms with E-state index >= 15 is 0 Å². The highest BCUT2D eigenvalue weighted by Gasteiger charge is 2.09. The van der Waals surface area contributed by atoms with Crippen LogP contribution in [0, 0.1) is 6.92 Å². The molecule has 0 aliphatic carbocycles. The molecule has 0 amide bonds. The number of aryl methyl sites for hydroxylation is 2. The highest BCUT2D eigenvalue weighted by molar-refractivity contribution is 7.99. The Morgan fingerprint density at radius 1 is 1.00 bits per heavy atom. The Morgan fingerprint density at radius 3 is 2.36 bits per heavy atom. The van der Waals surface area contributed by atoms with Gasteiger partial charge in [-0.25, -0.2) is 0 Å². The average molecular weight is 324 g/mol. The van der Waals surface area contributed by atoms with Gasteiger partial charge in [0, 0.05) is 12.1 Å². The molecule has 0 saturated heterocycles. The summed E-state index contributed by atoms with van der Waals surface area (Å²) < 4.78 is 0. The second kappa shape index (κ2) is 11.0. The number of aromatic hydroxyl groups is 1. The zero-order chi connectivity index (χ0) is 16.4. The molecule has 1 aromatic rings. The highest BCUT2D eigenvalue weighted by Crippen LogP contribution is 2.27. The average Bonchev–Trinajstić information content (AvgIpc) is 2.45. The monoisotopic (exact) mass is 323 g/mol. The first-order chi connectivity index (χ1) is 10.5. The molecule has 22 heavy (non-hydrogen) atoms. The van der Waals surface area contributed by atoms with Crippen molar-refractivity contribution < 1.29 is 5.11 Å². The molecule has 0 aliphatic heterocycles. The molecule has 0 unspecified atom stereocenters. The minimum absolute atomic E-state index is 0.507. The first-order valence-corrected chi connectivity index (χ1v) is 9.74. The summed E-state index contributed by atoms with van der Waals surface area (Å²) in [5, 5.41) is 10.4. The largest absolute Gasteiger partial charge is 0.507 e. The minimum Gasteiger partial charge on any atom is -0.507 e. The molecule has 1 aromatic carbocycles. The molecule has 0 saturated carbocycles. The van der Waals surface area contributed by atoms with Crippen LogP contribution >= 0.6 is 11.8 Å².